The number of carbonyl (C=O) groups is 1. The fourth-order valence-corrected chi connectivity index (χ4v) is 2.34. The molecule has 7 heteroatoms. The predicted molar refractivity (Wildman–Crippen MR) is 76.3 cm³/mol. The lowest BCUT2D eigenvalue weighted by Crippen LogP contribution is -2.47. The Kier molecular flexibility index (Phi) is 3.58. The van der Waals surface area contributed by atoms with Gasteiger partial charge in [0.25, 0.3) is 5.91 Å². The van der Waals surface area contributed by atoms with Crippen molar-refractivity contribution in [3.05, 3.63) is 42.0 Å². The van der Waals surface area contributed by atoms with Crippen molar-refractivity contribution < 1.29 is 19.4 Å². The highest BCUT2D eigenvalue weighted by molar-refractivity contribution is 5.94. The number of halogens is 1. The van der Waals surface area contributed by atoms with Crippen molar-refractivity contribution in [2.75, 3.05) is 6.54 Å². The number of amides is 1. The smallest absolute Gasteiger partial charge is 0.275 e. The van der Waals surface area contributed by atoms with Gasteiger partial charge in [0.2, 0.25) is 0 Å². The Labute approximate surface area is 126 Å². The molecule has 0 radical (unpaired) electrons. The summed E-state index contributed by atoms with van der Waals surface area (Å²) in [4.78, 5) is 12.0. The first kappa shape index (κ1) is 14.5. The molecule has 0 bridgehead atoms. The summed E-state index contributed by atoms with van der Waals surface area (Å²) >= 11 is 0. The van der Waals surface area contributed by atoms with Crippen LogP contribution in [0.1, 0.15) is 29.8 Å². The van der Waals surface area contributed by atoms with Crippen LogP contribution in [0, 0.1) is 5.82 Å². The van der Waals surface area contributed by atoms with Gasteiger partial charge in [-0.2, -0.15) is 5.10 Å². The van der Waals surface area contributed by atoms with Crippen molar-refractivity contribution >= 4 is 5.91 Å². The molecule has 0 atom stereocenters. The quantitative estimate of drug-likeness (QED) is 0.796. The molecule has 1 amide bonds. The molecule has 1 aromatic heterocycles. The van der Waals surface area contributed by atoms with Gasteiger partial charge >= 0.3 is 0 Å². The molecule has 6 nitrogen and oxygen atoms in total. The molecule has 1 saturated carbocycles. The Hall–Kier alpha value is -2.41. The van der Waals surface area contributed by atoms with Crippen LogP contribution in [0.5, 0.6) is 5.75 Å². The summed E-state index contributed by atoms with van der Waals surface area (Å²) in [6.45, 7) is 0.134. The second kappa shape index (κ2) is 5.42. The van der Waals surface area contributed by atoms with Crippen LogP contribution in [-0.2, 0) is 0 Å². The van der Waals surface area contributed by atoms with Gasteiger partial charge in [-0.1, -0.05) is 0 Å². The Morgan fingerprint density at radius 3 is 2.64 bits per heavy atom. The second-order valence-corrected chi connectivity index (χ2v) is 5.54. The minimum atomic E-state index is -0.842. The number of hydrogen-bond acceptors (Lipinski definition) is 4. The van der Waals surface area contributed by atoms with E-state index in [1.54, 1.807) is 0 Å². The molecule has 116 valence electrons. The Morgan fingerprint density at radius 1 is 1.36 bits per heavy atom. The molecule has 1 aliphatic carbocycles. The molecule has 0 spiro atoms. The topological polar surface area (TPSA) is 87.4 Å². The molecular weight excluding hydrogens is 289 g/mol. The molecule has 3 N–H and O–H groups in total. The van der Waals surface area contributed by atoms with Crippen molar-refractivity contribution in [1.29, 1.82) is 0 Å². The predicted octanol–water partition coefficient (Wildman–Crippen LogP) is 1.36. The van der Waals surface area contributed by atoms with Crippen LogP contribution in [0.4, 0.5) is 4.39 Å². The lowest BCUT2D eigenvalue weighted by molar-refractivity contribution is -0.0301. The highest BCUT2D eigenvalue weighted by Gasteiger charge is 2.35. The fourth-order valence-electron chi connectivity index (χ4n) is 2.34. The van der Waals surface area contributed by atoms with E-state index in [1.165, 1.54) is 35.1 Å². The van der Waals surface area contributed by atoms with Crippen LogP contribution in [0.15, 0.2) is 30.5 Å². The molecule has 1 aromatic carbocycles. The normalized spacial score (nSPS) is 16.1. The van der Waals surface area contributed by atoms with Crippen LogP contribution in [0.3, 0.4) is 0 Å². The van der Waals surface area contributed by atoms with E-state index in [2.05, 4.69) is 10.4 Å². The third kappa shape index (κ3) is 2.80. The van der Waals surface area contributed by atoms with E-state index in [0.29, 0.717) is 18.5 Å². The first-order valence-corrected chi connectivity index (χ1v) is 7.02. The zero-order valence-corrected chi connectivity index (χ0v) is 11.8. The molecule has 1 fully saturated rings. The summed E-state index contributed by atoms with van der Waals surface area (Å²) in [5.41, 5.74) is -0.453. The fraction of sp³-hybridized carbons (Fsp3) is 0.333. The molecular formula is C15H16FN3O3. The first-order valence-electron chi connectivity index (χ1n) is 7.02. The summed E-state index contributed by atoms with van der Waals surface area (Å²) in [5.74, 6) is -1.21. The minimum absolute atomic E-state index is 0.132. The molecule has 0 aliphatic heterocycles. The monoisotopic (exact) mass is 305 g/mol. The Morgan fingerprint density at radius 2 is 2.05 bits per heavy atom. The number of nitrogens with one attached hydrogen (secondary N) is 1. The standard InChI is InChI=1S/C15H16FN3O3/c16-10-2-4-11(5-3-10)19-8-12(20)13(18-19)14(21)17-9-15(22)6-1-7-15/h2-5,8,20,22H,1,6-7,9H2,(H,17,21). The largest absolute Gasteiger partial charge is 0.504 e. The van der Waals surface area contributed by atoms with Crippen LogP contribution >= 0.6 is 0 Å². The molecule has 1 aliphatic rings. The van der Waals surface area contributed by atoms with Crippen LogP contribution in [0.25, 0.3) is 5.69 Å². The first-order chi connectivity index (χ1) is 10.5. The van der Waals surface area contributed by atoms with Gasteiger partial charge in [0, 0.05) is 6.54 Å². The van der Waals surface area contributed by atoms with E-state index in [4.69, 9.17) is 0 Å². The number of hydrogen-bond donors (Lipinski definition) is 3. The van der Waals surface area contributed by atoms with Gasteiger partial charge in [0.15, 0.2) is 11.4 Å². The van der Waals surface area contributed by atoms with Gasteiger partial charge < -0.3 is 15.5 Å². The number of nitrogens with zero attached hydrogens (tertiary/aromatic N) is 2. The van der Waals surface area contributed by atoms with Crippen molar-refractivity contribution in [1.82, 2.24) is 15.1 Å². The van der Waals surface area contributed by atoms with Gasteiger partial charge in [0.1, 0.15) is 5.82 Å². The van der Waals surface area contributed by atoms with Crippen molar-refractivity contribution in [2.45, 2.75) is 24.9 Å². The van der Waals surface area contributed by atoms with E-state index in [-0.39, 0.29) is 23.8 Å². The Balaban J connectivity index is 1.74. The number of carbonyl (C=O) groups excluding carboxylic acids is 1. The number of aromatic hydroxyl groups is 1. The van der Waals surface area contributed by atoms with E-state index in [1.807, 2.05) is 0 Å². The highest BCUT2D eigenvalue weighted by Crippen LogP contribution is 2.30. The number of aromatic nitrogens is 2. The van der Waals surface area contributed by atoms with Crippen molar-refractivity contribution in [3.63, 3.8) is 0 Å². The summed E-state index contributed by atoms with van der Waals surface area (Å²) < 4.78 is 14.2. The molecule has 2 aromatic rings. The van der Waals surface area contributed by atoms with E-state index >= 15 is 0 Å². The average molecular weight is 305 g/mol. The maximum Gasteiger partial charge on any atom is 0.275 e. The summed E-state index contributed by atoms with van der Waals surface area (Å²) in [7, 11) is 0. The summed E-state index contributed by atoms with van der Waals surface area (Å²) in [5, 5.41) is 26.4. The number of benzene rings is 1. The highest BCUT2D eigenvalue weighted by atomic mass is 19.1. The zero-order chi connectivity index (χ0) is 15.7. The SMILES string of the molecule is O=C(NCC1(O)CCC1)c1nn(-c2ccc(F)cc2)cc1O. The van der Waals surface area contributed by atoms with E-state index in [9.17, 15) is 19.4 Å². The van der Waals surface area contributed by atoms with Crippen molar-refractivity contribution in [3.8, 4) is 11.4 Å². The Bertz CT molecular complexity index is 693. The van der Waals surface area contributed by atoms with Crippen LogP contribution in [0.2, 0.25) is 0 Å². The summed E-state index contributed by atoms with van der Waals surface area (Å²) in [6.07, 6.45) is 3.53. The van der Waals surface area contributed by atoms with Gasteiger partial charge in [-0.25, -0.2) is 9.07 Å². The molecule has 1 heterocycles. The third-order valence-corrected chi connectivity index (χ3v) is 3.86. The number of rotatable bonds is 4. The maximum atomic E-state index is 12.9. The lowest BCUT2D eigenvalue weighted by Gasteiger charge is -2.36. The second-order valence-electron chi connectivity index (χ2n) is 5.54. The van der Waals surface area contributed by atoms with E-state index in [0.717, 1.165) is 6.42 Å². The van der Waals surface area contributed by atoms with E-state index < -0.39 is 11.5 Å². The maximum absolute atomic E-state index is 12.9. The number of aliphatic hydroxyl groups is 1. The van der Waals surface area contributed by atoms with Gasteiger partial charge in [-0.3, -0.25) is 4.79 Å². The molecule has 3 rings (SSSR count). The van der Waals surface area contributed by atoms with Gasteiger partial charge in [0.05, 0.1) is 17.5 Å². The molecule has 0 saturated heterocycles. The minimum Gasteiger partial charge on any atom is -0.504 e. The van der Waals surface area contributed by atoms with Gasteiger partial charge in [-0.05, 0) is 43.5 Å². The van der Waals surface area contributed by atoms with Crippen molar-refractivity contribution in [2.24, 2.45) is 0 Å². The van der Waals surface area contributed by atoms with Gasteiger partial charge in [-0.15, -0.1) is 0 Å². The van der Waals surface area contributed by atoms with Crippen LogP contribution in [-0.4, -0.2) is 38.0 Å². The zero-order valence-electron chi connectivity index (χ0n) is 11.8. The van der Waals surface area contributed by atoms with Crippen LogP contribution < -0.4 is 5.32 Å². The lowest BCUT2D eigenvalue weighted by atomic mass is 9.80. The average Bonchev–Trinajstić information content (AvgIpc) is 2.85. The third-order valence-electron chi connectivity index (χ3n) is 3.86. The summed E-state index contributed by atoms with van der Waals surface area (Å²) in [6, 6.07) is 5.50. The molecule has 0 unspecified atom stereocenters. The molecule has 22 heavy (non-hydrogen) atoms.